The Labute approximate surface area is 117 Å². The van der Waals surface area contributed by atoms with E-state index in [1.54, 1.807) is 24.3 Å². The second-order valence-corrected chi connectivity index (χ2v) is 4.35. The Kier molecular flexibility index (Phi) is 2.98. The van der Waals surface area contributed by atoms with Gasteiger partial charge >= 0.3 is 5.97 Å². The van der Waals surface area contributed by atoms with Crippen LogP contribution >= 0.6 is 0 Å². The number of para-hydroxylation sites is 2. The maximum Gasteiger partial charge on any atom is 0.387 e. The third kappa shape index (κ3) is 2.27. The number of hydrogen-bond donors (Lipinski definition) is 1. The Balaban J connectivity index is 1.92. The van der Waals surface area contributed by atoms with Gasteiger partial charge in [-0.2, -0.15) is 0 Å². The van der Waals surface area contributed by atoms with E-state index in [2.05, 4.69) is 14.8 Å². The van der Waals surface area contributed by atoms with Crippen LogP contribution in [0.1, 0.15) is 23.3 Å². The number of nitrogens with zero attached hydrogens (tertiary/aromatic N) is 3. The van der Waals surface area contributed by atoms with Crippen molar-refractivity contribution < 1.29 is 24.3 Å². The standard InChI is InChI=1S/C13H9N3O5/c17-9-5-6-10(18)16(9)21-13(20)11-12(19)15-8-4-2-1-3-7(8)14-11/h1-4H,5-6H2,(H,15,19). The maximum absolute atomic E-state index is 11.9. The summed E-state index contributed by atoms with van der Waals surface area (Å²) in [6, 6.07) is 6.61. The fraction of sp³-hybridized carbons (Fsp3) is 0.154. The van der Waals surface area contributed by atoms with E-state index in [-0.39, 0.29) is 12.8 Å². The summed E-state index contributed by atoms with van der Waals surface area (Å²) in [7, 11) is 0. The van der Waals surface area contributed by atoms with E-state index in [1.807, 2.05) is 0 Å². The maximum atomic E-state index is 11.9. The first kappa shape index (κ1) is 13.0. The van der Waals surface area contributed by atoms with Crippen molar-refractivity contribution in [1.29, 1.82) is 0 Å². The molecular weight excluding hydrogens is 278 g/mol. The summed E-state index contributed by atoms with van der Waals surface area (Å²) < 4.78 is 0. The second kappa shape index (κ2) is 4.82. The first-order chi connectivity index (χ1) is 10.1. The number of aromatic nitrogens is 2. The number of benzene rings is 1. The van der Waals surface area contributed by atoms with Crippen molar-refractivity contribution in [2.45, 2.75) is 12.8 Å². The van der Waals surface area contributed by atoms with Crippen LogP contribution in [0.3, 0.4) is 0 Å². The van der Waals surface area contributed by atoms with Crippen molar-refractivity contribution in [2.24, 2.45) is 0 Å². The molecule has 0 aliphatic carbocycles. The van der Waals surface area contributed by atoms with Crippen LogP contribution in [0, 0.1) is 0 Å². The summed E-state index contributed by atoms with van der Waals surface area (Å²) in [5.74, 6) is -2.96. The number of carbonyl (C=O) groups is 3. The average molecular weight is 287 g/mol. The smallest absolute Gasteiger partial charge is 0.387 e. The van der Waals surface area contributed by atoms with Crippen LogP contribution in [0.4, 0.5) is 0 Å². The molecule has 0 bridgehead atoms. The molecule has 106 valence electrons. The minimum absolute atomic E-state index is 0.0124. The fourth-order valence-electron chi connectivity index (χ4n) is 1.91. The van der Waals surface area contributed by atoms with Gasteiger partial charge in [-0.25, -0.2) is 14.8 Å². The number of hydrogen-bond acceptors (Lipinski definition) is 7. The quantitative estimate of drug-likeness (QED) is 0.803. The summed E-state index contributed by atoms with van der Waals surface area (Å²) in [5.41, 5.74) is 0.322. The normalized spacial score (nSPS) is 14.8. The molecule has 21 heavy (non-hydrogen) atoms. The molecule has 1 fully saturated rings. The summed E-state index contributed by atoms with van der Waals surface area (Å²) in [5, 5.41) is 10.1. The third-order valence-electron chi connectivity index (χ3n) is 2.93. The molecule has 0 radical (unpaired) electrons. The van der Waals surface area contributed by atoms with Crippen molar-refractivity contribution in [2.75, 3.05) is 0 Å². The van der Waals surface area contributed by atoms with Gasteiger partial charge in [-0.05, 0) is 12.1 Å². The first-order valence-corrected chi connectivity index (χ1v) is 6.10. The highest BCUT2D eigenvalue weighted by Crippen LogP contribution is 2.20. The second-order valence-electron chi connectivity index (χ2n) is 4.35. The Hall–Kier alpha value is -3.03. The number of hydroxylamine groups is 2. The van der Waals surface area contributed by atoms with Crippen LogP contribution < -0.4 is 0 Å². The molecule has 1 aliphatic heterocycles. The summed E-state index contributed by atoms with van der Waals surface area (Å²) in [4.78, 5) is 47.1. The number of imide groups is 1. The van der Waals surface area contributed by atoms with Crippen molar-refractivity contribution >= 4 is 28.8 Å². The van der Waals surface area contributed by atoms with Gasteiger partial charge in [0.25, 0.3) is 11.8 Å². The number of amides is 2. The van der Waals surface area contributed by atoms with Gasteiger partial charge in [0.05, 0.1) is 11.0 Å². The molecule has 1 aromatic carbocycles. The highest BCUT2D eigenvalue weighted by Gasteiger charge is 2.34. The number of carbonyl (C=O) groups excluding carboxylic acids is 3. The van der Waals surface area contributed by atoms with Crippen LogP contribution in [-0.2, 0) is 14.4 Å². The summed E-state index contributed by atoms with van der Waals surface area (Å²) >= 11 is 0. The lowest BCUT2D eigenvalue weighted by Crippen LogP contribution is -2.32. The Morgan fingerprint density at radius 2 is 1.67 bits per heavy atom. The van der Waals surface area contributed by atoms with Gasteiger partial charge in [0.1, 0.15) is 0 Å². The highest BCUT2D eigenvalue weighted by atomic mass is 16.7. The molecule has 2 aromatic rings. The zero-order valence-electron chi connectivity index (χ0n) is 10.6. The lowest BCUT2D eigenvalue weighted by Gasteiger charge is -2.12. The lowest BCUT2D eigenvalue weighted by atomic mass is 10.3. The molecule has 8 nitrogen and oxygen atoms in total. The van der Waals surface area contributed by atoms with Gasteiger partial charge in [-0.1, -0.05) is 12.1 Å². The van der Waals surface area contributed by atoms with E-state index in [0.29, 0.717) is 16.1 Å². The molecule has 3 rings (SSSR count). The minimum atomic E-state index is -1.12. The predicted octanol–water partition coefficient (Wildman–Crippen LogP) is 0.556. The molecule has 0 unspecified atom stereocenters. The van der Waals surface area contributed by atoms with Gasteiger partial charge in [0, 0.05) is 12.8 Å². The fourth-order valence-corrected chi connectivity index (χ4v) is 1.91. The molecule has 1 N–H and O–H groups in total. The molecule has 1 aliphatic rings. The Morgan fingerprint density at radius 3 is 2.29 bits per heavy atom. The number of aromatic hydroxyl groups is 1. The molecule has 1 saturated heterocycles. The molecular formula is C13H9N3O5. The molecule has 1 aromatic heterocycles. The van der Waals surface area contributed by atoms with Crippen LogP contribution in [0.15, 0.2) is 24.3 Å². The SMILES string of the molecule is O=C(ON1C(=O)CCC1=O)c1nc2ccccc2nc1O. The van der Waals surface area contributed by atoms with E-state index >= 15 is 0 Å². The van der Waals surface area contributed by atoms with Crippen LogP contribution in [0.5, 0.6) is 5.88 Å². The van der Waals surface area contributed by atoms with Gasteiger partial charge in [-0.15, -0.1) is 5.06 Å². The van der Waals surface area contributed by atoms with Crippen molar-refractivity contribution in [3.63, 3.8) is 0 Å². The highest BCUT2D eigenvalue weighted by molar-refractivity contribution is 6.03. The van der Waals surface area contributed by atoms with Gasteiger partial charge in [-0.3, -0.25) is 9.59 Å². The predicted molar refractivity (Wildman–Crippen MR) is 67.7 cm³/mol. The summed E-state index contributed by atoms with van der Waals surface area (Å²) in [6.07, 6.45) is -0.0248. The summed E-state index contributed by atoms with van der Waals surface area (Å²) in [6.45, 7) is 0. The third-order valence-corrected chi connectivity index (χ3v) is 2.93. The number of rotatable bonds is 2. The topological polar surface area (TPSA) is 110 Å². The van der Waals surface area contributed by atoms with E-state index in [1.165, 1.54) is 0 Å². The van der Waals surface area contributed by atoms with Crippen molar-refractivity contribution in [3.05, 3.63) is 30.0 Å². The zero-order chi connectivity index (χ0) is 15.0. The first-order valence-electron chi connectivity index (χ1n) is 6.10. The van der Waals surface area contributed by atoms with Gasteiger partial charge < -0.3 is 9.94 Å². The van der Waals surface area contributed by atoms with E-state index in [4.69, 9.17) is 0 Å². The van der Waals surface area contributed by atoms with Gasteiger partial charge in [0.2, 0.25) is 11.6 Å². The van der Waals surface area contributed by atoms with Gasteiger partial charge in [0.15, 0.2) is 0 Å². The average Bonchev–Trinajstić information content (AvgIpc) is 2.78. The lowest BCUT2D eigenvalue weighted by molar-refractivity contribution is -0.172. The van der Waals surface area contributed by atoms with Crippen LogP contribution in [0.25, 0.3) is 11.0 Å². The van der Waals surface area contributed by atoms with Crippen molar-refractivity contribution in [1.82, 2.24) is 15.0 Å². The zero-order valence-corrected chi connectivity index (χ0v) is 10.6. The number of fused-ring (bicyclic) bond motifs is 1. The van der Waals surface area contributed by atoms with Crippen LogP contribution in [-0.4, -0.2) is 37.9 Å². The monoisotopic (exact) mass is 287 g/mol. The van der Waals surface area contributed by atoms with Crippen molar-refractivity contribution in [3.8, 4) is 5.88 Å². The molecule has 0 spiro atoms. The molecule has 2 heterocycles. The molecule has 2 amide bonds. The van der Waals surface area contributed by atoms with Crippen LogP contribution in [0.2, 0.25) is 0 Å². The van der Waals surface area contributed by atoms with E-state index < -0.39 is 29.4 Å². The Morgan fingerprint density at radius 1 is 1.10 bits per heavy atom. The molecule has 8 heteroatoms. The Bertz CT molecular complexity index is 757. The van der Waals surface area contributed by atoms with E-state index in [0.717, 1.165) is 0 Å². The van der Waals surface area contributed by atoms with E-state index in [9.17, 15) is 19.5 Å². The molecule has 0 saturated carbocycles. The minimum Gasteiger partial charge on any atom is -0.492 e. The molecule has 0 atom stereocenters. The largest absolute Gasteiger partial charge is 0.492 e.